The fourth-order valence-electron chi connectivity index (χ4n) is 1.75. The molecule has 0 aliphatic rings. The fraction of sp³-hybridized carbons (Fsp3) is 0.438. The van der Waals surface area contributed by atoms with Gasteiger partial charge in [0.1, 0.15) is 23.5 Å². The molecule has 1 heterocycles. The van der Waals surface area contributed by atoms with Gasteiger partial charge in [0.15, 0.2) is 0 Å². The summed E-state index contributed by atoms with van der Waals surface area (Å²) in [5, 5.41) is 12.8. The van der Waals surface area contributed by atoms with Gasteiger partial charge >= 0.3 is 0 Å². The molecule has 0 bridgehead atoms. The molecule has 0 fully saturated rings. The summed E-state index contributed by atoms with van der Waals surface area (Å²) in [5.74, 6) is 0.726. The first-order valence-electron chi connectivity index (χ1n) is 6.99. The molecular formula is C16H21NO3S. The molecule has 0 saturated carbocycles. The molecule has 21 heavy (non-hydrogen) atoms. The maximum absolute atomic E-state index is 9.79. The highest BCUT2D eigenvalue weighted by Crippen LogP contribution is 2.26. The van der Waals surface area contributed by atoms with Crippen LogP contribution < -0.4 is 4.74 Å². The summed E-state index contributed by atoms with van der Waals surface area (Å²) in [4.78, 5) is 4.46. The van der Waals surface area contributed by atoms with Crippen LogP contribution in [0.4, 0.5) is 0 Å². The van der Waals surface area contributed by atoms with E-state index in [9.17, 15) is 5.11 Å². The van der Waals surface area contributed by atoms with E-state index in [-0.39, 0.29) is 19.3 Å². The molecule has 0 amide bonds. The SMILES string of the molecule is Cc1csc(-c2cccc(OCC(O)COC(C)C)c2)n1. The molecule has 1 N–H and O–H groups in total. The molecule has 1 aromatic carbocycles. The van der Waals surface area contributed by atoms with E-state index in [1.54, 1.807) is 11.3 Å². The molecule has 1 atom stereocenters. The van der Waals surface area contributed by atoms with Crippen molar-refractivity contribution >= 4 is 11.3 Å². The van der Waals surface area contributed by atoms with Crippen LogP contribution in [0.15, 0.2) is 29.6 Å². The zero-order valence-electron chi connectivity index (χ0n) is 12.6. The van der Waals surface area contributed by atoms with Crippen molar-refractivity contribution in [2.75, 3.05) is 13.2 Å². The minimum atomic E-state index is -0.627. The Labute approximate surface area is 129 Å². The van der Waals surface area contributed by atoms with Gasteiger partial charge in [0, 0.05) is 16.6 Å². The van der Waals surface area contributed by atoms with Crippen molar-refractivity contribution in [2.24, 2.45) is 0 Å². The first-order valence-corrected chi connectivity index (χ1v) is 7.87. The van der Waals surface area contributed by atoms with Crippen molar-refractivity contribution in [1.82, 2.24) is 4.98 Å². The van der Waals surface area contributed by atoms with Gasteiger partial charge in [-0.25, -0.2) is 4.98 Å². The van der Waals surface area contributed by atoms with E-state index >= 15 is 0 Å². The van der Waals surface area contributed by atoms with Crippen molar-refractivity contribution in [1.29, 1.82) is 0 Å². The van der Waals surface area contributed by atoms with Crippen LogP contribution in [0.3, 0.4) is 0 Å². The van der Waals surface area contributed by atoms with Crippen LogP contribution in [0.5, 0.6) is 5.75 Å². The third-order valence-electron chi connectivity index (χ3n) is 2.76. The number of rotatable bonds is 7. The molecule has 0 spiro atoms. The Hall–Kier alpha value is -1.43. The van der Waals surface area contributed by atoms with Crippen molar-refractivity contribution in [3.05, 3.63) is 35.3 Å². The van der Waals surface area contributed by atoms with Crippen LogP contribution in [0.1, 0.15) is 19.5 Å². The van der Waals surface area contributed by atoms with E-state index < -0.39 is 6.10 Å². The Kier molecular flexibility index (Phi) is 5.73. The smallest absolute Gasteiger partial charge is 0.123 e. The molecule has 114 valence electrons. The predicted octanol–water partition coefficient (Wildman–Crippen LogP) is 3.28. The largest absolute Gasteiger partial charge is 0.491 e. The van der Waals surface area contributed by atoms with Crippen LogP contribution in [0.25, 0.3) is 10.6 Å². The van der Waals surface area contributed by atoms with Gasteiger partial charge in [-0.2, -0.15) is 0 Å². The average molecular weight is 307 g/mol. The van der Waals surface area contributed by atoms with Crippen LogP contribution in [0.2, 0.25) is 0 Å². The Balaban J connectivity index is 1.92. The van der Waals surface area contributed by atoms with E-state index in [1.807, 2.05) is 50.4 Å². The zero-order valence-corrected chi connectivity index (χ0v) is 13.4. The summed E-state index contributed by atoms with van der Waals surface area (Å²) >= 11 is 1.61. The molecule has 0 aliphatic heterocycles. The highest BCUT2D eigenvalue weighted by atomic mass is 32.1. The number of benzene rings is 1. The average Bonchev–Trinajstić information content (AvgIpc) is 2.90. The quantitative estimate of drug-likeness (QED) is 0.853. The first kappa shape index (κ1) is 15.9. The third-order valence-corrected chi connectivity index (χ3v) is 3.77. The maximum atomic E-state index is 9.79. The molecule has 2 aromatic rings. The molecule has 1 aromatic heterocycles. The summed E-state index contributed by atoms with van der Waals surface area (Å²) < 4.78 is 11.0. The van der Waals surface area contributed by atoms with Crippen molar-refractivity contribution < 1.29 is 14.6 Å². The van der Waals surface area contributed by atoms with Gasteiger partial charge in [0.2, 0.25) is 0 Å². The molecule has 1 unspecified atom stereocenters. The first-order chi connectivity index (χ1) is 10.0. The van der Waals surface area contributed by atoms with Gasteiger partial charge in [0.25, 0.3) is 0 Å². The number of nitrogens with zero attached hydrogens (tertiary/aromatic N) is 1. The van der Waals surface area contributed by atoms with E-state index in [2.05, 4.69) is 4.98 Å². The lowest BCUT2D eigenvalue weighted by molar-refractivity contribution is -0.0122. The van der Waals surface area contributed by atoms with Gasteiger partial charge in [-0.1, -0.05) is 12.1 Å². The molecule has 2 rings (SSSR count). The molecule has 0 radical (unpaired) electrons. The maximum Gasteiger partial charge on any atom is 0.123 e. The van der Waals surface area contributed by atoms with E-state index in [1.165, 1.54) is 0 Å². The number of aliphatic hydroxyl groups is 1. The zero-order chi connectivity index (χ0) is 15.2. The number of aromatic nitrogens is 1. The van der Waals surface area contributed by atoms with Crippen LogP contribution >= 0.6 is 11.3 Å². The van der Waals surface area contributed by atoms with Crippen molar-refractivity contribution in [3.63, 3.8) is 0 Å². The number of aliphatic hydroxyl groups excluding tert-OH is 1. The minimum absolute atomic E-state index is 0.108. The number of ether oxygens (including phenoxy) is 2. The highest BCUT2D eigenvalue weighted by molar-refractivity contribution is 7.13. The molecule has 5 heteroatoms. The normalized spacial score (nSPS) is 12.6. The second-order valence-corrected chi connectivity index (χ2v) is 6.03. The third kappa shape index (κ3) is 5.12. The molecule has 0 aliphatic carbocycles. The van der Waals surface area contributed by atoms with Crippen molar-refractivity contribution in [3.8, 4) is 16.3 Å². The molecular weight excluding hydrogens is 286 g/mol. The lowest BCUT2D eigenvalue weighted by Gasteiger charge is -2.14. The van der Waals surface area contributed by atoms with Crippen molar-refractivity contribution in [2.45, 2.75) is 33.0 Å². The lowest BCUT2D eigenvalue weighted by atomic mass is 10.2. The predicted molar refractivity (Wildman–Crippen MR) is 84.9 cm³/mol. The Bertz CT molecular complexity index is 568. The number of thiazole rings is 1. The summed E-state index contributed by atoms with van der Waals surface area (Å²) in [5.41, 5.74) is 2.04. The van der Waals surface area contributed by atoms with Gasteiger partial charge in [-0.15, -0.1) is 11.3 Å². The Morgan fingerprint density at radius 3 is 2.76 bits per heavy atom. The van der Waals surface area contributed by atoms with E-state index in [4.69, 9.17) is 9.47 Å². The van der Waals surface area contributed by atoms with Gasteiger partial charge in [0.05, 0.1) is 12.7 Å². The highest BCUT2D eigenvalue weighted by Gasteiger charge is 2.08. The van der Waals surface area contributed by atoms with E-state index in [0.717, 1.165) is 22.0 Å². The lowest BCUT2D eigenvalue weighted by Crippen LogP contribution is -2.25. The summed E-state index contributed by atoms with van der Waals surface area (Å²) in [6.45, 7) is 6.35. The van der Waals surface area contributed by atoms with E-state index in [0.29, 0.717) is 0 Å². The van der Waals surface area contributed by atoms with Crippen LogP contribution in [0, 0.1) is 6.92 Å². The van der Waals surface area contributed by atoms with Gasteiger partial charge in [-0.3, -0.25) is 0 Å². The second kappa shape index (κ2) is 7.54. The van der Waals surface area contributed by atoms with Gasteiger partial charge in [-0.05, 0) is 32.9 Å². The summed E-state index contributed by atoms with van der Waals surface area (Å²) in [6, 6.07) is 7.75. The number of hydrogen-bond acceptors (Lipinski definition) is 5. The molecule has 4 nitrogen and oxygen atoms in total. The van der Waals surface area contributed by atoms with Crippen LogP contribution in [-0.4, -0.2) is 35.5 Å². The summed E-state index contributed by atoms with van der Waals surface area (Å²) in [6.07, 6.45) is -0.519. The minimum Gasteiger partial charge on any atom is -0.491 e. The Morgan fingerprint density at radius 2 is 2.10 bits per heavy atom. The summed E-state index contributed by atoms with van der Waals surface area (Å²) in [7, 11) is 0. The van der Waals surface area contributed by atoms with Crippen LogP contribution in [-0.2, 0) is 4.74 Å². The molecule has 0 saturated heterocycles. The number of aryl methyl sites for hydroxylation is 1. The van der Waals surface area contributed by atoms with Gasteiger partial charge < -0.3 is 14.6 Å². The fourth-order valence-corrected chi connectivity index (χ4v) is 2.54. The number of hydrogen-bond donors (Lipinski definition) is 1. The standard InChI is InChI=1S/C16H21NO3S/c1-11(2)19-8-14(18)9-20-15-6-4-5-13(7-15)16-17-12(3)10-21-16/h4-7,10-11,14,18H,8-9H2,1-3H3. The Morgan fingerprint density at radius 1 is 1.29 bits per heavy atom. The topological polar surface area (TPSA) is 51.6 Å². The second-order valence-electron chi connectivity index (χ2n) is 5.17. The monoisotopic (exact) mass is 307 g/mol.